The summed E-state index contributed by atoms with van der Waals surface area (Å²) in [5, 5.41) is 12.8. The first-order valence-electron chi connectivity index (χ1n) is 12.1. The summed E-state index contributed by atoms with van der Waals surface area (Å²) in [6.45, 7) is 4.99. The highest BCUT2D eigenvalue weighted by Crippen LogP contribution is 2.52. The van der Waals surface area contributed by atoms with Crippen LogP contribution < -0.4 is 14.8 Å². The number of anilines is 1. The molecule has 1 saturated carbocycles. The molecule has 0 radical (unpaired) electrons. The lowest BCUT2D eigenvalue weighted by Gasteiger charge is -2.26. The molecule has 2 aromatic carbocycles. The second-order valence-corrected chi connectivity index (χ2v) is 10.3. The standard InChI is InChI=1S/C27H29F3N2O5/c1-25(2,15-35-3)23-12-16-11-19(18(28)14-20(16)32(23)9-4-10-33)31-24(34)26(7-8-26)17-5-6-21-22(13-17)37-27(29,30)36-21/h5-6,11-14,33H,4,7-10,15H2,1-3H3,(H,31,34). The molecule has 0 atom stereocenters. The second kappa shape index (κ2) is 8.95. The minimum atomic E-state index is -3.75. The number of rotatable bonds is 9. The van der Waals surface area contributed by atoms with Crippen LogP contribution in [0.25, 0.3) is 10.9 Å². The zero-order chi connectivity index (χ0) is 26.6. The molecule has 0 spiro atoms. The number of carbonyl (C=O) groups is 1. The van der Waals surface area contributed by atoms with E-state index in [-0.39, 0.29) is 29.2 Å². The van der Waals surface area contributed by atoms with Crippen molar-refractivity contribution in [3.8, 4) is 11.5 Å². The number of alkyl halides is 2. The maximum Gasteiger partial charge on any atom is 0.586 e. The zero-order valence-electron chi connectivity index (χ0n) is 20.9. The van der Waals surface area contributed by atoms with Gasteiger partial charge in [-0.2, -0.15) is 0 Å². The van der Waals surface area contributed by atoms with Crippen molar-refractivity contribution in [3.63, 3.8) is 0 Å². The molecule has 37 heavy (non-hydrogen) atoms. The zero-order valence-corrected chi connectivity index (χ0v) is 20.9. The summed E-state index contributed by atoms with van der Waals surface area (Å²) in [5.41, 5.74) is 0.780. The van der Waals surface area contributed by atoms with Crippen LogP contribution in [-0.2, 0) is 26.9 Å². The number of benzene rings is 2. The van der Waals surface area contributed by atoms with E-state index in [0.29, 0.717) is 43.5 Å². The first-order valence-corrected chi connectivity index (χ1v) is 12.1. The SMILES string of the molecule is COCC(C)(C)c1cc2cc(NC(=O)C3(c4ccc5c(c4)OC(F)(F)O5)CC3)c(F)cc2n1CCCO. The van der Waals surface area contributed by atoms with Crippen LogP contribution in [0.4, 0.5) is 18.9 Å². The van der Waals surface area contributed by atoms with Crippen molar-refractivity contribution in [2.24, 2.45) is 0 Å². The molecule has 1 aliphatic carbocycles. The summed E-state index contributed by atoms with van der Waals surface area (Å²) < 4.78 is 58.5. The molecule has 7 nitrogen and oxygen atoms in total. The van der Waals surface area contributed by atoms with E-state index >= 15 is 4.39 Å². The van der Waals surface area contributed by atoms with Gasteiger partial charge in [0.1, 0.15) is 5.82 Å². The van der Waals surface area contributed by atoms with E-state index in [1.165, 1.54) is 18.2 Å². The Balaban J connectivity index is 1.45. The number of hydrogen-bond donors (Lipinski definition) is 2. The molecule has 0 saturated heterocycles. The Kier molecular flexibility index (Phi) is 6.15. The van der Waals surface area contributed by atoms with Crippen LogP contribution in [-0.4, -0.2) is 42.2 Å². The molecular formula is C27H29F3N2O5. The van der Waals surface area contributed by atoms with E-state index < -0.39 is 23.4 Å². The molecule has 0 unspecified atom stereocenters. The molecule has 1 fully saturated rings. The summed E-state index contributed by atoms with van der Waals surface area (Å²) in [5.74, 6) is -1.25. The maximum atomic E-state index is 15.3. The van der Waals surface area contributed by atoms with Gasteiger partial charge in [0.05, 0.1) is 23.2 Å². The van der Waals surface area contributed by atoms with Gasteiger partial charge in [-0.3, -0.25) is 4.79 Å². The molecule has 3 aromatic rings. The highest BCUT2D eigenvalue weighted by atomic mass is 19.3. The number of aromatic nitrogens is 1. The van der Waals surface area contributed by atoms with Gasteiger partial charge in [-0.15, -0.1) is 8.78 Å². The monoisotopic (exact) mass is 518 g/mol. The lowest BCUT2D eigenvalue weighted by molar-refractivity contribution is -0.286. The molecule has 10 heteroatoms. The first kappa shape index (κ1) is 25.4. The summed E-state index contributed by atoms with van der Waals surface area (Å²) >= 11 is 0. The van der Waals surface area contributed by atoms with Gasteiger partial charge < -0.3 is 29.2 Å². The van der Waals surface area contributed by atoms with E-state index in [1.54, 1.807) is 19.2 Å². The Morgan fingerprint density at radius 2 is 1.89 bits per heavy atom. The smallest absolute Gasteiger partial charge is 0.396 e. The highest BCUT2D eigenvalue weighted by Gasteiger charge is 2.53. The van der Waals surface area contributed by atoms with E-state index in [4.69, 9.17) is 4.74 Å². The Morgan fingerprint density at radius 3 is 2.57 bits per heavy atom. The van der Waals surface area contributed by atoms with Gasteiger partial charge in [-0.05, 0) is 49.1 Å². The fourth-order valence-corrected chi connectivity index (χ4v) is 5.11. The highest BCUT2D eigenvalue weighted by molar-refractivity contribution is 6.02. The van der Waals surface area contributed by atoms with Crippen molar-refractivity contribution in [3.05, 3.63) is 53.5 Å². The molecule has 5 rings (SSSR count). The fourth-order valence-electron chi connectivity index (χ4n) is 5.11. The van der Waals surface area contributed by atoms with Crippen LogP contribution in [0.2, 0.25) is 0 Å². The number of aryl methyl sites for hydroxylation is 1. The molecule has 2 N–H and O–H groups in total. The molecule has 2 aliphatic rings. The van der Waals surface area contributed by atoms with Gasteiger partial charge in [-0.1, -0.05) is 19.9 Å². The lowest BCUT2D eigenvalue weighted by Crippen LogP contribution is -2.28. The summed E-state index contributed by atoms with van der Waals surface area (Å²) in [7, 11) is 1.62. The summed E-state index contributed by atoms with van der Waals surface area (Å²) in [6.07, 6.45) is -2.26. The van der Waals surface area contributed by atoms with Gasteiger partial charge in [0.25, 0.3) is 0 Å². The number of methoxy groups -OCH3 is 1. The van der Waals surface area contributed by atoms with Crippen LogP contribution >= 0.6 is 0 Å². The second-order valence-electron chi connectivity index (χ2n) is 10.3. The van der Waals surface area contributed by atoms with E-state index in [1.807, 2.05) is 24.5 Å². The Morgan fingerprint density at radius 1 is 1.16 bits per heavy atom. The van der Waals surface area contributed by atoms with E-state index in [0.717, 1.165) is 11.1 Å². The largest absolute Gasteiger partial charge is 0.586 e. The molecule has 1 aromatic heterocycles. The number of carbonyl (C=O) groups excluding carboxylic acids is 1. The van der Waals surface area contributed by atoms with Gasteiger partial charge in [0.15, 0.2) is 11.5 Å². The Bertz CT molecular complexity index is 1360. The maximum absolute atomic E-state index is 15.3. The fraction of sp³-hybridized carbons (Fsp3) is 0.444. The number of aliphatic hydroxyl groups excluding tert-OH is 1. The van der Waals surface area contributed by atoms with E-state index in [9.17, 15) is 18.7 Å². The van der Waals surface area contributed by atoms with Crippen molar-refractivity contribution in [1.82, 2.24) is 4.57 Å². The molecule has 2 heterocycles. The molecular weight excluding hydrogens is 489 g/mol. The van der Waals surface area contributed by atoms with Crippen molar-refractivity contribution < 1.29 is 37.3 Å². The van der Waals surface area contributed by atoms with Gasteiger partial charge in [0.2, 0.25) is 5.91 Å². The van der Waals surface area contributed by atoms with Crippen molar-refractivity contribution >= 4 is 22.5 Å². The molecule has 1 aliphatic heterocycles. The normalized spacial score (nSPS) is 17.3. The number of fused-ring (bicyclic) bond motifs is 2. The summed E-state index contributed by atoms with van der Waals surface area (Å²) in [4.78, 5) is 13.3. The minimum Gasteiger partial charge on any atom is -0.396 e. The number of halogens is 3. The quantitative estimate of drug-likeness (QED) is 0.413. The van der Waals surface area contributed by atoms with Gasteiger partial charge in [-0.25, -0.2) is 4.39 Å². The predicted octanol–water partition coefficient (Wildman–Crippen LogP) is 5.08. The van der Waals surface area contributed by atoms with Crippen molar-refractivity contribution in [2.75, 3.05) is 25.6 Å². The third-order valence-corrected chi connectivity index (χ3v) is 7.12. The van der Waals surface area contributed by atoms with Crippen LogP contribution in [0.5, 0.6) is 11.5 Å². The lowest BCUT2D eigenvalue weighted by atomic mass is 9.90. The van der Waals surface area contributed by atoms with Crippen LogP contribution in [0.3, 0.4) is 0 Å². The van der Waals surface area contributed by atoms with E-state index in [2.05, 4.69) is 14.8 Å². The number of nitrogens with zero attached hydrogens (tertiary/aromatic N) is 1. The molecule has 0 bridgehead atoms. The number of aliphatic hydroxyl groups is 1. The summed E-state index contributed by atoms with van der Waals surface area (Å²) in [6, 6.07) is 9.22. The molecule has 198 valence electrons. The first-order chi connectivity index (χ1) is 17.5. The third-order valence-electron chi connectivity index (χ3n) is 7.12. The third kappa shape index (κ3) is 4.53. The van der Waals surface area contributed by atoms with Crippen molar-refractivity contribution in [1.29, 1.82) is 0 Å². The van der Waals surface area contributed by atoms with Crippen LogP contribution in [0.15, 0.2) is 36.4 Å². The Hall–Kier alpha value is -3.24. The molecule has 1 amide bonds. The average Bonchev–Trinajstić information content (AvgIpc) is 3.47. The van der Waals surface area contributed by atoms with Gasteiger partial charge >= 0.3 is 6.29 Å². The van der Waals surface area contributed by atoms with Crippen LogP contribution in [0, 0.1) is 5.82 Å². The topological polar surface area (TPSA) is 82.0 Å². The number of ether oxygens (including phenoxy) is 3. The van der Waals surface area contributed by atoms with Crippen LogP contribution in [0.1, 0.15) is 44.4 Å². The minimum absolute atomic E-state index is 0.0000256. The van der Waals surface area contributed by atoms with Crippen molar-refractivity contribution in [2.45, 2.75) is 56.8 Å². The Labute approximate surface area is 212 Å². The number of amides is 1. The number of hydrogen-bond acceptors (Lipinski definition) is 5. The predicted molar refractivity (Wildman–Crippen MR) is 131 cm³/mol. The number of nitrogens with one attached hydrogen (secondary N) is 1. The average molecular weight is 519 g/mol. The van der Waals surface area contributed by atoms with Gasteiger partial charge in [0, 0.05) is 42.8 Å².